The predicted molar refractivity (Wildman–Crippen MR) is 91.4 cm³/mol. The van der Waals surface area contributed by atoms with E-state index >= 15 is 0 Å². The fourth-order valence-electron chi connectivity index (χ4n) is 4.14. The van der Waals surface area contributed by atoms with Gasteiger partial charge in [0.05, 0.1) is 30.8 Å². The molecule has 0 aliphatic rings. The molecule has 0 aliphatic carbocycles. The van der Waals surface area contributed by atoms with Crippen LogP contribution in [0.25, 0.3) is 0 Å². The average Bonchev–Trinajstić information content (AvgIpc) is 1.71. The van der Waals surface area contributed by atoms with Gasteiger partial charge in [0.25, 0.3) is 0 Å². The van der Waals surface area contributed by atoms with Crippen molar-refractivity contribution in [2.45, 2.75) is 62.9 Å². The molecule has 0 aromatic heterocycles. The van der Waals surface area contributed by atoms with Crippen molar-refractivity contribution in [1.29, 1.82) is 0 Å². The van der Waals surface area contributed by atoms with E-state index in [1.165, 1.54) is 0 Å². The molecule has 0 saturated heterocycles. The van der Waals surface area contributed by atoms with Crippen LogP contribution in [0.15, 0.2) is 0 Å². The molecule has 0 radical (unpaired) electrons. The Morgan fingerprint density at radius 2 is 0.812 bits per heavy atom. The van der Waals surface area contributed by atoms with Crippen LogP contribution in [0.5, 0.6) is 0 Å². The van der Waals surface area contributed by atoms with Gasteiger partial charge in [-0.3, -0.25) is 0 Å². The van der Waals surface area contributed by atoms with Gasteiger partial charge in [-0.2, -0.15) is 0 Å². The second-order valence-electron chi connectivity index (χ2n) is 7.69. The summed E-state index contributed by atoms with van der Waals surface area (Å²) in [4.78, 5) is 0. The minimum atomic E-state index is -1.38. The standard InChI is InChI=1S/C10H27Cl2PSi3/c1-14(2,3)10(13(11)12,15(4,5)6)16(7,8)9/h1-9H3. The lowest BCUT2D eigenvalue weighted by atomic mass is 11.6. The maximum atomic E-state index is 6.59. The van der Waals surface area contributed by atoms with Crippen LogP contribution in [0.1, 0.15) is 0 Å². The van der Waals surface area contributed by atoms with Crippen LogP contribution in [0.2, 0.25) is 58.9 Å². The van der Waals surface area contributed by atoms with Crippen molar-refractivity contribution in [3.8, 4) is 0 Å². The first kappa shape index (κ1) is 17.7. The molecule has 0 atom stereocenters. The van der Waals surface area contributed by atoms with Crippen molar-refractivity contribution in [2.24, 2.45) is 0 Å². The third-order valence-electron chi connectivity index (χ3n) is 3.51. The van der Waals surface area contributed by atoms with Crippen LogP contribution in [0, 0.1) is 0 Å². The molecule has 0 unspecified atom stereocenters. The molecule has 16 heavy (non-hydrogen) atoms. The largest absolute Gasteiger partial charge is 0.0835 e. The van der Waals surface area contributed by atoms with Crippen LogP contribution in [-0.4, -0.2) is 28.2 Å². The first-order valence-corrected chi connectivity index (χ1v) is 19.5. The lowest BCUT2D eigenvalue weighted by molar-refractivity contribution is 1.28. The molecule has 0 heterocycles. The van der Waals surface area contributed by atoms with Crippen LogP contribution >= 0.6 is 29.1 Å². The Hall–Kier alpha value is 1.66. The Labute approximate surface area is 116 Å². The summed E-state index contributed by atoms with van der Waals surface area (Å²) in [5.41, 5.74) is 0. The van der Waals surface area contributed by atoms with E-state index in [-0.39, 0.29) is 0 Å². The Bertz CT molecular complexity index is 212. The highest BCUT2D eigenvalue weighted by atomic mass is 35.9. The smallest absolute Gasteiger partial charge is 0.0784 e. The maximum absolute atomic E-state index is 6.59. The van der Waals surface area contributed by atoms with Gasteiger partial charge in [0.1, 0.15) is 0 Å². The van der Waals surface area contributed by atoms with Crippen molar-refractivity contribution >= 4 is 53.3 Å². The summed E-state index contributed by atoms with van der Waals surface area (Å²) in [5.74, 6) is 0. The molecule has 0 fully saturated rings. The predicted octanol–water partition coefficient (Wildman–Crippen LogP) is 6.15. The molecule has 0 amide bonds. The monoisotopic (exact) mass is 332 g/mol. The zero-order valence-corrected chi connectivity index (χ0v) is 17.6. The summed E-state index contributed by atoms with van der Waals surface area (Å²) in [6, 6.07) is 0. The highest BCUT2D eigenvalue weighted by molar-refractivity contribution is 8.09. The summed E-state index contributed by atoms with van der Waals surface area (Å²) in [5, 5.41) is 0. The SMILES string of the molecule is C[Si](C)(C)C(P(Cl)Cl)([Si](C)(C)C)[Si](C)(C)C. The third-order valence-corrected chi connectivity index (χ3v) is 36.2. The van der Waals surface area contributed by atoms with Gasteiger partial charge >= 0.3 is 0 Å². The molecule has 6 heteroatoms. The zero-order valence-electron chi connectivity index (χ0n) is 12.2. The molecule has 0 saturated carbocycles. The molecule has 98 valence electrons. The van der Waals surface area contributed by atoms with Crippen molar-refractivity contribution in [2.75, 3.05) is 0 Å². The Morgan fingerprint density at radius 3 is 0.812 bits per heavy atom. The summed E-state index contributed by atoms with van der Waals surface area (Å²) in [7, 11) is -4.15. The van der Waals surface area contributed by atoms with Gasteiger partial charge in [-0.1, -0.05) is 81.4 Å². The normalized spacial score (nSPS) is 15.8. The minimum absolute atomic E-state index is 0.325. The molecular weight excluding hydrogens is 306 g/mol. The number of hydrogen-bond donors (Lipinski definition) is 0. The first-order valence-electron chi connectivity index (χ1n) is 5.81. The highest BCUT2D eigenvalue weighted by Crippen LogP contribution is 2.68. The molecule has 0 aromatic rings. The van der Waals surface area contributed by atoms with Gasteiger partial charge in [-0.15, -0.1) is 0 Å². The van der Waals surface area contributed by atoms with Gasteiger partial charge < -0.3 is 0 Å². The van der Waals surface area contributed by atoms with Gasteiger partial charge in [0.15, 0.2) is 0 Å². The van der Waals surface area contributed by atoms with Gasteiger partial charge in [-0.25, -0.2) is 0 Å². The molecular formula is C10H27Cl2PSi3. The summed E-state index contributed by atoms with van der Waals surface area (Å²) in [6.07, 6.45) is 0. The number of hydrogen-bond acceptors (Lipinski definition) is 0. The Balaban J connectivity index is 6.05. The summed E-state index contributed by atoms with van der Waals surface area (Å²) >= 11 is 13.2. The minimum Gasteiger partial charge on any atom is -0.0784 e. The molecule has 0 N–H and O–H groups in total. The number of halogens is 2. The first-order chi connectivity index (χ1) is 6.69. The van der Waals surface area contributed by atoms with Crippen LogP contribution < -0.4 is 0 Å². The fourth-order valence-corrected chi connectivity index (χ4v) is 50.9. The second kappa shape index (κ2) is 4.97. The van der Waals surface area contributed by atoms with E-state index in [1.807, 2.05) is 0 Å². The molecule has 0 aliphatic heterocycles. The average molecular weight is 333 g/mol. The van der Waals surface area contributed by atoms with E-state index in [1.54, 1.807) is 0 Å². The van der Waals surface area contributed by atoms with Crippen LogP contribution in [0.4, 0.5) is 0 Å². The van der Waals surface area contributed by atoms with E-state index in [2.05, 4.69) is 58.9 Å². The van der Waals surface area contributed by atoms with E-state index in [0.717, 1.165) is 0 Å². The lowest BCUT2D eigenvalue weighted by Crippen LogP contribution is -2.75. The van der Waals surface area contributed by atoms with E-state index < -0.39 is 30.8 Å². The fraction of sp³-hybridized carbons (Fsp3) is 1.00. The van der Waals surface area contributed by atoms with E-state index in [0.29, 0.717) is 4.03 Å². The van der Waals surface area contributed by atoms with Crippen molar-refractivity contribution in [3.05, 3.63) is 0 Å². The molecule has 0 aromatic carbocycles. The van der Waals surface area contributed by atoms with Crippen molar-refractivity contribution in [3.63, 3.8) is 0 Å². The van der Waals surface area contributed by atoms with Crippen LogP contribution in [-0.2, 0) is 0 Å². The molecule has 0 nitrogen and oxygen atoms in total. The summed E-state index contributed by atoms with van der Waals surface area (Å²) in [6.45, 7) is 21.3. The van der Waals surface area contributed by atoms with Crippen molar-refractivity contribution < 1.29 is 0 Å². The van der Waals surface area contributed by atoms with E-state index in [9.17, 15) is 0 Å². The van der Waals surface area contributed by atoms with E-state index in [4.69, 9.17) is 22.5 Å². The highest BCUT2D eigenvalue weighted by Gasteiger charge is 2.63. The Morgan fingerprint density at radius 1 is 0.625 bits per heavy atom. The third kappa shape index (κ3) is 2.80. The number of rotatable bonds is 4. The molecule has 0 bridgehead atoms. The van der Waals surface area contributed by atoms with Gasteiger partial charge in [0.2, 0.25) is 0 Å². The van der Waals surface area contributed by atoms with Gasteiger partial charge in [-0.05, 0) is 0 Å². The lowest BCUT2D eigenvalue weighted by Gasteiger charge is -2.59. The zero-order chi connectivity index (χ0) is 13.6. The Kier molecular flexibility index (Phi) is 5.49. The quantitative estimate of drug-likeness (QED) is 0.428. The second-order valence-corrected chi connectivity index (χ2v) is 29.9. The summed E-state index contributed by atoms with van der Waals surface area (Å²) < 4.78 is 0.325. The maximum Gasteiger partial charge on any atom is 0.0835 e. The van der Waals surface area contributed by atoms with Crippen molar-refractivity contribution in [1.82, 2.24) is 0 Å². The van der Waals surface area contributed by atoms with Gasteiger partial charge in [0, 0.05) is 4.03 Å². The molecule has 0 spiro atoms. The van der Waals surface area contributed by atoms with Crippen LogP contribution in [0.3, 0.4) is 0 Å². The topological polar surface area (TPSA) is 0 Å². The molecule has 0 rings (SSSR count).